The predicted octanol–water partition coefficient (Wildman–Crippen LogP) is 1.05. The Hall–Kier alpha value is -1.57. The normalized spacial score (nSPS) is 17.6. The van der Waals surface area contributed by atoms with Gasteiger partial charge in [0.2, 0.25) is 11.8 Å². The minimum absolute atomic E-state index is 0.0239. The van der Waals surface area contributed by atoms with Crippen LogP contribution in [0.1, 0.15) is 39.0 Å². The van der Waals surface area contributed by atoms with E-state index >= 15 is 0 Å². The lowest BCUT2D eigenvalue weighted by Gasteiger charge is -2.32. The zero-order chi connectivity index (χ0) is 13.6. The van der Waals surface area contributed by atoms with Crippen LogP contribution in [0, 0.1) is 16.7 Å². The van der Waals surface area contributed by atoms with E-state index < -0.39 is 5.41 Å². The summed E-state index contributed by atoms with van der Waals surface area (Å²) in [5, 5.41) is 11.9. The summed E-state index contributed by atoms with van der Waals surface area (Å²) < 4.78 is 0. The van der Waals surface area contributed by atoms with E-state index in [1.807, 2.05) is 6.92 Å². The highest BCUT2D eigenvalue weighted by atomic mass is 16.2. The molecule has 0 spiro atoms. The molecular weight excluding hydrogens is 230 g/mol. The van der Waals surface area contributed by atoms with Crippen LogP contribution in [0.4, 0.5) is 0 Å². The molecule has 0 unspecified atom stereocenters. The molecule has 100 valence electrons. The van der Waals surface area contributed by atoms with Gasteiger partial charge in [0.15, 0.2) is 0 Å². The average Bonchev–Trinajstić information content (AvgIpc) is 2.38. The van der Waals surface area contributed by atoms with Gasteiger partial charge in [0.1, 0.15) is 5.41 Å². The molecule has 18 heavy (non-hydrogen) atoms. The molecule has 0 aromatic carbocycles. The van der Waals surface area contributed by atoms with Crippen LogP contribution >= 0.6 is 0 Å². The van der Waals surface area contributed by atoms with Gasteiger partial charge >= 0.3 is 0 Å². The number of nitrogens with one attached hydrogen (secondary N) is 1. The second-order valence-electron chi connectivity index (χ2n) is 4.87. The van der Waals surface area contributed by atoms with Crippen molar-refractivity contribution in [3.05, 3.63) is 0 Å². The first-order valence-electron chi connectivity index (χ1n) is 6.49. The van der Waals surface area contributed by atoms with Gasteiger partial charge in [-0.25, -0.2) is 0 Å². The first-order valence-corrected chi connectivity index (χ1v) is 6.49. The quantitative estimate of drug-likeness (QED) is 0.811. The molecule has 1 N–H and O–H groups in total. The zero-order valence-electron chi connectivity index (χ0n) is 11.2. The zero-order valence-corrected chi connectivity index (χ0v) is 11.2. The van der Waals surface area contributed by atoms with E-state index in [0.29, 0.717) is 19.4 Å². The third-order valence-electron chi connectivity index (χ3n) is 3.43. The number of nitriles is 1. The minimum atomic E-state index is -0.903. The maximum atomic E-state index is 12.3. The Bertz CT molecular complexity index is 354. The molecule has 1 fully saturated rings. The molecule has 1 saturated carbocycles. The summed E-state index contributed by atoms with van der Waals surface area (Å²) in [6.07, 6.45) is 4.13. The van der Waals surface area contributed by atoms with Gasteiger partial charge in [-0.15, -0.1) is 0 Å². The SMILES string of the molecule is CCNC(=O)CN(C)C(=O)C1(C#N)CCCCC1. The van der Waals surface area contributed by atoms with E-state index in [1.165, 1.54) is 4.90 Å². The first-order chi connectivity index (χ1) is 8.55. The number of rotatable bonds is 4. The van der Waals surface area contributed by atoms with Crippen LogP contribution in [-0.4, -0.2) is 36.9 Å². The molecular formula is C13H21N3O2. The fourth-order valence-corrected chi connectivity index (χ4v) is 2.43. The number of likely N-dealkylation sites (N-methyl/N-ethyl adjacent to an activating group) is 2. The van der Waals surface area contributed by atoms with Gasteiger partial charge in [0, 0.05) is 13.6 Å². The maximum absolute atomic E-state index is 12.3. The van der Waals surface area contributed by atoms with Crippen molar-refractivity contribution >= 4 is 11.8 Å². The van der Waals surface area contributed by atoms with Crippen molar-refractivity contribution < 1.29 is 9.59 Å². The fourth-order valence-electron chi connectivity index (χ4n) is 2.43. The number of carbonyl (C=O) groups excluding carboxylic acids is 2. The van der Waals surface area contributed by atoms with Crippen molar-refractivity contribution in [2.45, 2.75) is 39.0 Å². The number of hydrogen-bond acceptors (Lipinski definition) is 3. The Balaban J connectivity index is 2.66. The lowest BCUT2D eigenvalue weighted by molar-refractivity contribution is -0.142. The highest BCUT2D eigenvalue weighted by Gasteiger charge is 2.41. The van der Waals surface area contributed by atoms with Gasteiger partial charge in [-0.1, -0.05) is 19.3 Å². The largest absolute Gasteiger partial charge is 0.355 e. The van der Waals surface area contributed by atoms with Crippen LogP contribution in [0.15, 0.2) is 0 Å². The van der Waals surface area contributed by atoms with Gasteiger partial charge in [-0.05, 0) is 19.8 Å². The summed E-state index contributed by atoms with van der Waals surface area (Å²) in [6.45, 7) is 2.40. The van der Waals surface area contributed by atoms with E-state index in [2.05, 4.69) is 11.4 Å². The van der Waals surface area contributed by atoms with E-state index in [4.69, 9.17) is 0 Å². The van der Waals surface area contributed by atoms with Gasteiger partial charge in [-0.2, -0.15) is 5.26 Å². The van der Waals surface area contributed by atoms with E-state index in [-0.39, 0.29) is 18.4 Å². The van der Waals surface area contributed by atoms with Crippen molar-refractivity contribution in [1.82, 2.24) is 10.2 Å². The smallest absolute Gasteiger partial charge is 0.243 e. The molecule has 5 nitrogen and oxygen atoms in total. The van der Waals surface area contributed by atoms with Crippen molar-refractivity contribution in [3.63, 3.8) is 0 Å². The van der Waals surface area contributed by atoms with Crippen LogP contribution in [0.25, 0.3) is 0 Å². The first kappa shape index (κ1) is 14.5. The molecule has 0 aliphatic heterocycles. The van der Waals surface area contributed by atoms with Crippen LogP contribution in [-0.2, 0) is 9.59 Å². The van der Waals surface area contributed by atoms with E-state index in [0.717, 1.165) is 19.3 Å². The minimum Gasteiger partial charge on any atom is -0.355 e. The van der Waals surface area contributed by atoms with Crippen LogP contribution in [0.3, 0.4) is 0 Å². The lowest BCUT2D eigenvalue weighted by atomic mass is 9.74. The highest BCUT2D eigenvalue weighted by molar-refractivity contribution is 5.89. The molecule has 0 aromatic heterocycles. The molecule has 5 heteroatoms. The van der Waals surface area contributed by atoms with E-state index in [1.54, 1.807) is 7.05 Å². The van der Waals surface area contributed by atoms with Crippen LogP contribution in [0.5, 0.6) is 0 Å². The van der Waals surface area contributed by atoms with Gasteiger partial charge in [0.05, 0.1) is 12.6 Å². The Morgan fingerprint density at radius 1 is 1.33 bits per heavy atom. The summed E-state index contributed by atoms with van der Waals surface area (Å²) in [5.74, 6) is -0.395. The number of carbonyl (C=O) groups is 2. The molecule has 0 bridgehead atoms. The average molecular weight is 251 g/mol. The topological polar surface area (TPSA) is 73.2 Å². The number of hydrogen-bond donors (Lipinski definition) is 1. The van der Waals surface area contributed by atoms with Gasteiger partial charge < -0.3 is 10.2 Å². The molecule has 2 amide bonds. The van der Waals surface area contributed by atoms with Gasteiger partial charge in [0.25, 0.3) is 0 Å². The molecule has 0 heterocycles. The molecule has 0 aromatic rings. The van der Waals surface area contributed by atoms with Crippen molar-refractivity contribution in [3.8, 4) is 6.07 Å². The molecule has 1 aliphatic rings. The van der Waals surface area contributed by atoms with Gasteiger partial charge in [-0.3, -0.25) is 9.59 Å². The molecule has 1 aliphatic carbocycles. The third kappa shape index (κ3) is 3.22. The van der Waals surface area contributed by atoms with Crippen LogP contribution in [0.2, 0.25) is 0 Å². The highest BCUT2D eigenvalue weighted by Crippen LogP contribution is 2.37. The molecule has 0 saturated heterocycles. The second kappa shape index (κ2) is 6.39. The summed E-state index contributed by atoms with van der Waals surface area (Å²) in [5.41, 5.74) is -0.903. The Morgan fingerprint density at radius 2 is 1.94 bits per heavy atom. The summed E-state index contributed by atoms with van der Waals surface area (Å²) in [7, 11) is 1.59. The Morgan fingerprint density at radius 3 is 2.44 bits per heavy atom. The van der Waals surface area contributed by atoms with Crippen molar-refractivity contribution in [2.75, 3.05) is 20.1 Å². The Labute approximate surface area is 108 Å². The predicted molar refractivity (Wildman–Crippen MR) is 67.5 cm³/mol. The van der Waals surface area contributed by atoms with Crippen molar-refractivity contribution in [2.24, 2.45) is 5.41 Å². The van der Waals surface area contributed by atoms with Crippen LogP contribution < -0.4 is 5.32 Å². The fraction of sp³-hybridized carbons (Fsp3) is 0.769. The number of amides is 2. The molecule has 0 radical (unpaired) electrons. The summed E-state index contributed by atoms with van der Waals surface area (Å²) in [4.78, 5) is 25.1. The summed E-state index contributed by atoms with van der Waals surface area (Å²) in [6, 6.07) is 2.18. The number of nitrogens with zero attached hydrogens (tertiary/aromatic N) is 2. The molecule has 1 rings (SSSR count). The van der Waals surface area contributed by atoms with Crippen molar-refractivity contribution in [1.29, 1.82) is 5.26 Å². The maximum Gasteiger partial charge on any atom is 0.243 e. The Kier molecular flexibility index (Phi) is 5.14. The van der Waals surface area contributed by atoms with E-state index in [9.17, 15) is 14.9 Å². The summed E-state index contributed by atoms with van der Waals surface area (Å²) >= 11 is 0. The third-order valence-corrected chi connectivity index (χ3v) is 3.43. The second-order valence-corrected chi connectivity index (χ2v) is 4.87. The standard InChI is InChI=1S/C13H21N3O2/c1-3-15-11(17)9-16(2)12(18)13(10-14)7-5-4-6-8-13/h3-9H2,1-2H3,(H,15,17). The lowest BCUT2D eigenvalue weighted by Crippen LogP contribution is -2.46. The monoisotopic (exact) mass is 251 g/mol. The molecule has 0 atom stereocenters.